The minimum Gasteiger partial charge on any atom is -0.463 e. The molecule has 2 N–H and O–H groups in total. The summed E-state index contributed by atoms with van der Waals surface area (Å²) in [5.41, 5.74) is 4.99. The van der Waals surface area contributed by atoms with Gasteiger partial charge in [-0.05, 0) is 42.9 Å². The summed E-state index contributed by atoms with van der Waals surface area (Å²) < 4.78 is 5.14. The van der Waals surface area contributed by atoms with Crippen LogP contribution in [0.4, 0.5) is 10.5 Å². The minimum absolute atomic E-state index is 0.201. The summed E-state index contributed by atoms with van der Waals surface area (Å²) in [5, 5.41) is 5.45. The van der Waals surface area contributed by atoms with Gasteiger partial charge in [0.1, 0.15) is 0 Å². The van der Waals surface area contributed by atoms with Gasteiger partial charge in [0, 0.05) is 12.2 Å². The Bertz CT molecular complexity index is 740. The Morgan fingerprint density at radius 2 is 2.15 bits per heavy atom. The summed E-state index contributed by atoms with van der Waals surface area (Å²) in [6.45, 7) is 8.08. The number of hydrogen-bond acceptors (Lipinski definition) is 4. The van der Waals surface area contributed by atoms with Crippen molar-refractivity contribution in [1.82, 2.24) is 10.6 Å². The molecule has 2 aliphatic rings. The van der Waals surface area contributed by atoms with E-state index in [1.54, 1.807) is 6.92 Å². The van der Waals surface area contributed by atoms with Crippen molar-refractivity contribution >= 4 is 17.7 Å². The van der Waals surface area contributed by atoms with E-state index < -0.39 is 0 Å². The Morgan fingerprint density at radius 3 is 2.88 bits per heavy atom. The molecule has 26 heavy (non-hydrogen) atoms. The van der Waals surface area contributed by atoms with Gasteiger partial charge in [0.15, 0.2) is 0 Å². The van der Waals surface area contributed by atoms with Gasteiger partial charge in [-0.15, -0.1) is 0 Å². The van der Waals surface area contributed by atoms with Crippen molar-refractivity contribution in [2.75, 3.05) is 31.1 Å². The Kier molecular flexibility index (Phi) is 5.49. The van der Waals surface area contributed by atoms with Crippen LogP contribution in [0.25, 0.3) is 0 Å². The number of hydrogen-bond donors (Lipinski definition) is 2. The summed E-state index contributed by atoms with van der Waals surface area (Å²) in [6, 6.07) is 6.34. The third-order valence-corrected chi connectivity index (χ3v) is 4.91. The maximum absolute atomic E-state index is 12.2. The number of ether oxygens (including phenoxy) is 1. The lowest BCUT2D eigenvalue weighted by Crippen LogP contribution is -2.47. The lowest BCUT2D eigenvalue weighted by atomic mass is 9.94. The van der Waals surface area contributed by atoms with Crippen LogP contribution in [0.3, 0.4) is 0 Å². The van der Waals surface area contributed by atoms with Crippen molar-refractivity contribution in [2.24, 2.45) is 0 Å². The van der Waals surface area contributed by atoms with Crippen molar-refractivity contribution in [2.45, 2.75) is 39.5 Å². The van der Waals surface area contributed by atoms with Gasteiger partial charge < -0.3 is 20.3 Å². The third-order valence-electron chi connectivity index (χ3n) is 4.91. The van der Waals surface area contributed by atoms with E-state index in [9.17, 15) is 9.59 Å². The van der Waals surface area contributed by atoms with Crippen LogP contribution in [-0.2, 0) is 16.0 Å². The van der Waals surface area contributed by atoms with Crippen molar-refractivity contribution in [1.29, 1.82) is 0 Å². The monoisotopic (exact) mass is 357 g/mol. The molecule has 0 atom stereocenters. The first-order valence-corrected chi connectivity index (χ1v) is 9.31. The van der Waals surface area contributed by atoms with Gasteiger partial charge in [0.25, 0.3) is 0 Å². The quantitative estimate of drug-likeness (QED) is 0.795. The molecule has 2 aliphatic heterocycles. The molecule has 0 bridgehead atoms. The third kappa shape index (κ3) is 3.84. The number of amides is 2. The second kappa shape index (κ2) is 7.81. The number of carbonyl (C=O) groups excluding carboxylic acids is 2. The lowest BCUT2D eigenvalue weighted by molar-refractivity contribution is -0.138. The average Bonchev–Trinajstić information content (AvgIpc) is 2.61. The van der Waals surface area contributed by atoms with E-state index in [0.717, 1.165) is 19.4 Å². The smallest absolute Gasteiger partial charge is 0.337 e. The van der Waals surface area contributed by atoms with Crippen LogP contribution in [0, 0.1) is 0 Å². The number of fused-ring (bicyclic) bond motifs is 1. The van der Waals surface area contributed by atoms with Gasteiger partial charge in [-0.25, -0.2) is 9.59 Å². The molecule has 0 aromatic heterocycles. The molecule has 6 nitrogen and oxygen atoms in total. The molecule has 0 fully saturated rings. The SMILES string of the molecule is CCOC(=O)C1=C(CN2CCCc3cc(C(C)C)ccc32)NC(=O)NC1. The molecule has 0 aliphatic carbocycles. The number of nitrogens with one attached hydrogen (secondary N) is 2. The zero-order valence-electron chi connectivity index (χ0n) is 15.7. The Morgan fingerprint density at radius 1 is 1.35 bits per heavy atom. The van der Waals surface area contributed by atoms with E-state index in [1.165, 1.54) is 16.8 Å². The molecule has 6 heteroatoms. The van der Waals surface area contributed by atoms with Crippen molar-refractivity contribution in [3.05, 3.63) is 40.6 Å². The highest BCUT2D eigenvalue weighted by atomic mass is 16.5. The summed E-state index contributed by atoms with van der Waals surface area (Å²) in [7, 11) is 0. The van der Waals surface area contributed by atoms with Gasteiger partial charge in [-0.3, -0.25) is 0 Å². The van der Waals surface area contributed by atoms with E-state index in [0.29, 0.717) is 30.3 Å². The van der Waals surface area contributed by atoms with Crippen molar-refractivity contribution in [3.8, 4) is 0 Å². The Labute approximate surface area is 154 Å². The van der Waals surface area contributed by atoms with Crippen molar-refractivity contribution < 1.29 is 14.3 Å². The fourth-order valence-corrected chi connectivity index (χ4v) is 3.49. The topological polar surface area (TPSA) is 70.7 Å². The fourth-order valence-electron chi connectivity index (χ4n) is 3.49. The van der Waals surface area contributed by atoms with Crippen LogP contribution < -0.4 is 15.5 Å². The molecule has 2 amide bonds. The van der Waals surface area contributed by atoms with Crippen LogP contribution in [-0.4, -0.2) is 38.2 Å². The zero-order valence-corrected chi connectivity index (χ0v) is 15.7. The van der Waals surface area contributed by atoms with E-state index in [-0.39, 0.29) is 18.5 Å². The van der Waals surface area contributed by atoms with Crippen molar-refractivity contribution in [3.63, 3.8) is 0 Å². The van der Waals surface area contributed by atoms with Crippen LogP contribution in [0.1, 0.15) is 44.2 Å². The van der Waals surface area contributed by atoms with Gasteiger partial charge in [0.2, 0.25) is 0 Å². The highest BCUT2D eigenvalue weighted by Gasteiger charge is 2.26. The Hall–Kier alpha value is -2.50. The molecule has 0 saturated heterocycles. The molecule has 2 heterocycles. The number of esters is 1. The predicted octanol–water partition coefficient (Wildman–Crippen LogP) is 2.69. The number of anilines is 1. The molecule has 3 rings (SSSR count). The molecule has 140 valence electrons. The second-order valence-corrected chi connectivity index (χ2v) is 7.05. The molecule has 0 radical (unpaired) electrons. The first-order valence-electron chi connectivity index (χ1n) is 9.31. The molecule has 0 saturated carbocycles. The van der Waals surface area contributed by atoms with E-state index in [2.05, 4.69) is 47.6 Å². The molecule has 0 unspecified atom stereocenters. The van der Waals surface area contributed by atoms with E-state index >= 15 is 0 Å². The minimum atomic E-state index is -0.373. The van der Waals surface area contributed by atoms with Gasteiger partial charge in [-0.1, -0.05) is 26.0 Å². The molecule has 1 aromatic carbocycles. The van der Waals surface area contributed by atoms with Gasteiger partial charge >= 0.3 is 12.0 Å². The number of benzene rings is 1. The number of rotatable bonds is 5. The summed E-state index contributed by atoms with van der Waals surface area (Å²) in [4.78, 5) is 26.3. The van der Waals surface area contributed by atoms with Crippen LogP contribution >= 0.6 is 0 Å². The summed E-state index contributed by atoms with van der Waals surface area (Å²) in [6.07, 6.45) is 2.12. The van der Waals surface area contributed by atoms with Gasteiger partial charge in [-0.2, -0.15) is 0 Å². The first kappa shape index (κ1) is 18.3. The second-order valence-electron chi connectivity index (χ2n) is 7.05. The fraction of sp³-hybridized carbons (Fsp3) is 0.500. The van der Waals surface area contributed by atoms with Gasteiger partial charge in [0.05, 0.1) is 31.0 Å². The number of nitrogens with zero attached hydrogens (tertiary/aromatic N) is 1. The average molecular weight is 357 g/mol. The van der Waals surface area contributed by atoms with Crippen LogP contribution in [0.15, 0.2) is 29.5 Å². The highest BCUT2D eigenvalue weighted by molar-refractivity contribution is 5.93. The first-order chi connectivity index (χ1) is 12.5. The number of urea groups is 1. The van der Waals surface area contributed by atoms with E-state index in [4.69, 9.17) is 4.74 Å². The molecular formula is C20H27N3O3. The maximum Gasteiger partial charge on any atom is 0.337 e. The predicted molar refractivity (Wildman–Crippen MR) is 101 cm³/mol. The largest absolute Gasteiger partial charge is 0.463 e. The summed E-state index contributed by atoms with van der Waals surface area (Å²) >= 11 is 0. The molecule has 0 spiro atoms. The number of aryl methyl sites for hydroxylation is 1. The van der Waals surface area contributed by atoms with Crippen LogP contribution in [0.2, 0.25) is 0 Å². The maximum atomic E-state index is 12.2. The van der Waals surface area contributed by atoms with E-state index in [1.807, 2.05) is 0 Å². The van der Waals surface area contributed by atoms with Crippen LogP contribution in [0.5, 0.6) is 0 Å². The summed E-state index contributed by atoms with van der Waals surface area (Å²) in [5.74, 6) is 0.125. The number of carbonyl (C=O) groups is 2. The lowest BCUT2D eigenvalue weighted by Gasteiger charge is -2.34. The molecular weight excluding hydrogens is 330 g/mol. The zero-order chi connectivity index (χ0) is 18.7. The molecule has 1 aromatic rings. The normalized spacial score (nSPS) is 16.9. The highest BCUT2D eigenvalue weighted by Crippen LogP contribution is 2.31. The standard InChI is InChI=1S/C20H27N3O3/c1-4-26-19(24)16-11-21-20(25)22-17(16)12-23-9-5-6-15-10-14(13(2)3)7-8-18(15)23/h7-8,10,13H,4-6,9,11-12H2,1-3H3,(H2,21,22,25). The Balaban J connectivity index is 1.88.